The van der Waals surface area contributed by atoms with Crippen molar-refractivity contribution in [3.05, 3.63) is 48.3 Å². The Labute approximate surface area is 224 Å². The molecule has 0 spiro atoms. The van der Waals surface area contributed by atoms with Gasteiger partial charge in [0.1, 0.15) is 12.2 Å². The second-order valence-corrected chi connectivity index (χ2v) is 10.2. The zero-order valence-electron chi connectivity index (χ0n) is 22.7. The fraction of sp³-hybridized carbons (Fsp3) is 0.483. The molecule has 3 amide bonds. The summed E-state index contributed by atoms with van der Waals surface area (Å²) in [6.07, 6.45) is 8.97. The van der Waals surface area contributed by atoms with Crippen molar-refractivity contribution in [3.63, 3.8) is 0 Å². The Bertz CT molecular complexity index is 1230. The van der Waals surface area contributed by atoms with Gasteiger partial charge in [-0.2, -0.15) is 0 Å². The third kappa shape index (κ3) is 7.18. The topological polar surface area (TPSA) is 97.7 Å². The van der Waals surface area contributed by atoms with Crippen molar-refractivity contribution in [1.82, 2.24) is 19.8 Å². The second-order valence-electron chi connectivity index (χ2n) is 10.2. The van der Waals surface area contributed by atoms with Crippen LogP contribution in [0.3, 0.4) is 0 Å². The molecule has 0 bridgehead atoms. The van der Waals surface area contributed by atoms with E-state index in [0.29, 0.717) is 36.3 Å². The predicted molar refractivity (Wildman–Crippen MR) is 149 cm³/mol. The van der Waals surface area contributed by atoms with Crippen molar-refractivity contribution in [1.29, 1.82) is 0 Å². The number of methoxy groups -OCH3 is 1. The molecular formula is C29H39N5O4. The maximum absolute atomic E-state index is 12.7. The van der Waals surface area contributed by atoms with Gasteiger partial charge in [-0.3, -0.25) is 4.79 Å². The summed E-state index contributed by atoms with van der Waals surface area (Å²) >= 11 is 0. The Morgan fingerprint density at radius 3 is 2.66 bits per heavy atom. The zero-order chi connectivity index (χ0) is 26.9. The van der Waals surface area contributed by atoms with E-state index in [-0.39, 0.29) is 18.5 Å². The van der Waals surface area contributed by atoms with E-state index >= 15 is 0 Å². The van der Waals surface area contributed by atoms with Crippen LogP contribution in [0.4, 0.5) is 10.5 Å². The zero-order valence-corrected chi connectivity index (χ0v) is 22.7. The minimum atomic E-state index is -0.328. The molecule has 0 radical (unpaired) electrons. The number of fused-ring (bicyclic) bond motifs is 1. The van der Waals surface area contributed by atoms with Gasteiger partial charge in [0.15, 0.2) is 11.5 Å². The Kier molecular flexibility index (Phi) is 9.46. The molecular weight excluding hydrogens is 482 g/mol. The SMILES string of the molecule is COc1ccc(NC(=O)NCc2ccnc3c2ccn3CC(=O)N2CCCCC2)cc1OCCCC(C)C. The number of anilines is 1. The summed E-state index contributed by atoms with van der Waals surface area (Å²) in [7, 11) is 1.60. The van der Waals surface area contributed by atoms with E-state index in [1.165, 1.54) is 6.42 Å². The highest BCUT2D eigenvalue weighted by Crippen LogP contribution is 2.30. The number of benzene rings is 1. The van der Waals surface area contributed by atoms with Crippen LogP contribution in [0.25, 0.3) is 11.0 Å². The van der Waals surface area contributed by atoms with E-state index in [2.05, 4.69) is 29.5 Å². The molecule has 38 heavy (non-hydrogen) atoms. The largest absolute Gasteiger partial charge is 0.493 e. The van der Waals surface area contributed by atoms with Crippen LogP contribution >= 0.6 is 0 Å². The number of piperidine rings is 1. The number of nitrogens with zero attached hydrogens (tertiary/aromatic N) is 3. The third-order valence-electron chi connectivity index (χ3n) is 6.81. The predicted octanol–water partition coefficient (Wildman–Crippen LogP) is 5.19. The van der Waals surface area contributed by atoms with Crippen molar-refractivity contribution in [2.75, 3.05) is 32.1 Å². The molecule has 9 nitrogen and oxygen atoms in total. The summed E-state index contributed by atoms with van der Waals surface area (Å²) in [5.74, 6) is 1.97. The van der Waals surface area contributed by atoms with E-state index < -0.39 is 0 Å². The van der Waals surface area contributed by atoms with Crippen LogP contribution < -0.4 is 20.1 Å². The summed E-state index contributed by atoms with van der Waals surface area (Å²) in [6, 6.07) is 8.85. The maximum Gasteiger partial charge on any atom is 0.319 e. The van der Waals surface area contributed by atoms with Gasteiger partial charge in [0, 0.05) is 49.2 Å². The number of amides is 3. The summed E-state index contributed by atoms with van der Waals surface area (Å²) < 4.78 is 13.2. The van der Waals surface area contributed by atoms with Crippen molar-refractivity contribution in [3.8, 4) is 11.5 Å². The number of ether oxygens (including phenoxy) is 2. The molecule has 9 heteroatoms. The number of rotatable bonds is 11. The van der Waals surface area contributed by atoms with Gasteiger partial charge in [0.05, 0.1) is 13.7 Å². The molecule has 0 aliphatic carbocycles. The standard InChI is InChI=1S/C29H39N5O4/c1-21(2)8-7-17-38-26-18-23(9-10-25(26)37-3)32-29(36)31-19-22-11-13-30-28-24(22)12-16-34(28)20-27(35)33-14-5-4-6-15-33/h9-13,16,18,21H,4-8,14-15,17,19-20H2,1-3H3,(H2,31,32,36). The Balaban J connectivity index is 1.35. The van der Waals surface area contributed by atoms with E-state index in [0.717, 1.165) is 55.4 Å². The van der Waals surface area contributed by atoms with Gasteiger partial charge in [-0.1, -0.05) is 13.8 Å². The van der Waals surface area contributed by atoms with E-state index in [1.54, 1.807) is 31.5 Å². The summed E-state index contributed by atoms with van der Waals surface area (Å²) in [5.41, 5.74) is 2.28. The molecule has 1 aromatic carbocycles. The number of carbonyl (C=O) groups excluding carboxylic acids is 2. The van der Waals surface area contributed by atoms with Gasteiger partial charge >= 0.3 is 6.03 Å². The number of urea groups is 1. The fourth-order valence-electron chi connectivity index (χ4n) is 4.71. The second kappa shape index (κ2) is 13.2. The lowest BCUT2D eigenvalue weighted by molar-refractivity contribution is -0.132. The van der Waals surface area contributed by atoms with Crippen LogP contribution in [0.2, 0.25) is 0 Å². The average Bonchev–Trinajstić information content (AvgIpc) is 3.33. The highest BCUT2D eigenvalue weighted by atomic mass is 16.5. The first-order chi connectivity index (χ1) is 18.4. The lowest BCUT2D eigenvalue weighted by Gasteiger charge is -2.26. The number of pyridine rings is 1. The molecule has 3 aromatic rings. The molecule has 4 rings (SSSR count). The quantitative estimate of drug-likeness (QED) is 0.338. The molecule has 0 saturated carbocycles. The Hall–Kier alpha value is -3.75. The lowest BCUT2D eigenvalue weighted by atomic mass is 10.1. The molecule has 3 heterocycles. The van der Waals surface area contributed by atoms with Crippen LogP contribution in [0, 0.1) is 5.92 Å². The number of hydrogen-bond donors (Lipinski definition) is 2. The van der Waals surface area contributed by atoms with E-state index in [4.69, 9.17) is 9.47 Å². The van der Waals surface area contributed by atoms with Crippen molar-refractivity contribution in [2.45, 2.75) is 59.0 Å². The highest BCUT2D eigenvalue weighted by Gasteiger charge is 2.18. The van der Waals surface area contributed by atoms with Gasteiger partial charge in [-0.15, -0.1) is 0 Å². The minimum Gasteiger partial charge on any atom is -0.493 e. The number of aromatic nitrogens is 2. The van der Waals surface area contributed by atoms with Crippen LogP contribution in [-0.4, -0.2) is 53.2 Å². The lowest BCUT2D eigenvalue weighted by Crippen LogP contribution is -2.37. The molecule has 0 atom stereocenters. The number of hydrogen-bond acceptors (Lipinski definition) is 5. The number of nitrogens with one attached hydrogen (secondary N) is 2. The Morgan fingerprint density at radius 2 is 1.89 bits per heavy atom. The van der Waals surface area contributed by atoms with E-state index in [9.17, 15) is 9.59 Å². The molecule has 204 valence electrons. The first kappa shape index (κ1) is 27.3. The molecule has 2 N–H and O–H groups in total. The smallest absolute Gasteiger partial charge is 0.319 e. The van der Waals surface area contributed by atoms with Crippen molar-refractivity contribution < 1.29 is 19.1 Å². The molecule has 1 aliphatic rings. The van der Waals surface area contributed by atoms with Crippen molar-refractivity contribution >= 4 is 28.7 Å². The van der Waals surface area contributed by atoms with Crippen molar-refractivity contribution in [2.24, 2.45) is 5.92 Å². The van der Waals surface area contributed by atoms with Gasteiger partial charge in [0.2, 0.25) is 5.91 Å². The normalized spacial score (nSPS) is 13.5. The van der Waals surface area contributed by atoms with Gasteiger partial charge in [-0.05, 0) is 67.9 Å². The summed E-state index contributed by atoms with van der Waals surface area (Å²) in [5, 5.41) is 6.71. The molecule has 1 saturated heterocycles. The molecule has 1 aliphatic heterocycles. The van der Waals surface area contributed by atoms with Crippen LogP contribution in [0.15, 0.2) is 42.7 Å². The third-order valence-corrected chi connectivity index (χ3v) is 6.81. The molecule has 0 unspecified atom stereocenters. The average molecular weight is 522 g/mol. The molecule has 1 fully saturated rings. The summed E-state index contributed by atoms with van der Waals surface area (Å²) in [6.45, 7) is 7.22. The minimum absolute atomic E-state index is 0.120. The van der Waals surface area contributed by atoms with E-state index in [1.807, 2.05) is 27.8 Å². The van der Waals surface area contributed by atoms with Gasteiger partial charge in [0.25, 0.3) is 0 Å². The van der Waals surface area contributed by atoms with Crippen LogP contribution in [0.1, 0.15) is 51.5 Å². The number of likely N-dealkylation sites (tertiary alicyclic amines) is 1. The fourth-order valence-corrected chi connectivity index (χ4v) is 4.71. The first-order valence-corrected chi connectivity index (χ1v) is 13.5. The van der Waals surface area contributed by atoms with Gasteiger partial charge < -0.3 is 29.6 Å². The Morgan fingerprint density at radius 1 is 1.08 bits per heavy atom. The summed E-state index contributed by atoms with van der Waals surface area (Å²) in [4.78, 5) is 31.9. The maximum atomic E-state index is 12.7. The number of carbonyl (C=O) groups is 2. The monoisotopic (exact) mass is 521 g/mol. The van der Waals surface area contributed by atoms with Crippen LogP contribution in [-0.2, 0) is 17.9 Å². The first-order valence-electron chi connectivity index (χ1n) is 13.5. The van der Waals surface area contributed by atoms with Gasteiger partial charge in [-0.25, -0.2) is 9.78 Å². The van der Waals surface area contributed by atoms with Crippen LogP contribution in [0.5, 0.6) is 11.5 Å². The highest BCUT2D eigenvalue weighted by molar-refractivity contribution is 5.90. The molecule has 2 aromatic heterocycles.